The van der Waals surface area contributed by atoms with Gasteiger partial charge in [-0.25, -0.2) is 5.01 Å². The second-order valence-electron chi connectivity index (χ2n) is 5.81. The van der Waals surface area contributed by atoms with Crippen molar-refractivity contribution >= 4 is 16.3 Å². The van der Waals surface area contributed by atoms with E-state index >= 15 is 0 Å². The summed E-state index contributed by atoms with van der Waals surface area (Å²) < 4.78 is 0. The molecule has 3 rings (SSSR count). The standard InChI is InChI=1S/C15H24N4OS/c1-12(16)14-11-19(17-20-14)15-7-6-13(21-15)10-18-8-4-2-3-5-9-18/h6-7,11-12,17H,2-5,8-10,16H2,1H3. The van der Waals surface area contributed by atoms with Crippen molar-refractivity contribution in [3.63, 3.8) is 0 Å². The maximum absolute atomic E-state index is 5.82. The molecule has 21 heavy (non-hydrogen) atoms. The van der Waals surface area contributed by atoms with Crippen molar-refractivity contribution < 1.29 is 4.84 Å². The average Bonchev–Trinajstić information content (AvgIpc) is 3.04. The lowest BCUT2D eigenvalue weighted by Crippen LogP contribution is -2.27. The topological polar surface area (TPSA) is 53.8 Å². The highest BCUT2D eigenvalue weighted by Gasteiger charge is 2.19. The molecule has 3 N–H and O–H groups in total. The number of hydrazine groups is 1. The van der Waals surface area contributed by atoms with Gasteiger partial charge in [0.2, 0.25) is 0 Å². The third kappa shape index (κ3) is 3.77. The summed E-state index contributed by atoms with van der Waals surface area (Å²) in [5, 5.41) is 3.03. The fourth-order valence-corrected chi connectivity index (χ4v) is 3.67. The van der Waals surface area contributed by atoms with Crippen LogP contribution in [0.4, 0.5) is 5.00 Å². The summed E-state index contributed by atoms with van der Waals surface area (Å²) in [6, 6.07) is 4.25. The highest BCUT2D eigenvalue weighted by Crippen LogP contribution is 2.29. The molecule has 2 aliphatic rings. The van der Waals surface area contributed by atoms with E-state index in [2.05, 4.69) is 22.6 Å². The summed E-state index contributed by atoms with van der Waals surface area (Å²) in [7, 11) is 0. The number of thiophene rings is 1. The van der Waals surface area contributed by atoms with Crippen molar-refractivity contribution in [2.45, 2.75) is 45.2 Å². The van der Waals surface area contributed by atoms with Gasteiger partial charge >= 0.3 is 0 Å². The zero-order valence-corrected chi connectivity index (χ0v) is 13.4. The molecular formula is C15H24N4OS. The molecule has 2 aliphatic heterocycles. The largest absolute Gasteiger partial charge is 0.390 e. The Kier molecular flexibility index (Phi) is 4.80. The van der Waals surface area contributed by atoms with Crippen LogP contribution in [0.1, 0.15) is 37.5 Å². The van der Waals surface area contributed by atoms with E-state index in [-0.39, 0.29) is 6.04 Å². The minimum absolute atomic E-state index is 0.0981. The third-order valence-electron chi connectivity index (χ3n) is 3.93. The average molecular weight is 308 g/mol. The van der Waals surface area contributed by atoms with E-state index < -0.39 is 0 Å². The summed E-state index contributed by atoms with van der Waals surface area (Å²) >= 11 is 1.80. The molecule has 1 aromatic rings. The Morgan fingerprint density at radius 3 is 2.71 bits per heavy atom. The molecular weight excluding hydrogens is 284 g/mol. The van der Waals surface area contributed by atoms with E-state index in [0.717, 1.165) is 17.3 Å². The van der Waals surface area contributed by atoms with Gasteiger partial charge in [-0.2, -0.15) is 0 Å². The van der Waals surface area contributed by atoms with Crippen LogP contribution in [0.3, 0.4) is 0 Å². The van der Waals surface area contributed by atoms with Crippen molar-refractivity contribution in [3.8, 4) is 0 Å². The Hall–Kier alpha value is -1.08. The van der Waals surface area contributed by atoms with Crippen LogP contribution in [0.5, 0.6) is 0 Å². The van der Waals surface area contributed by atoms with Gasteiger partial charge in [0.1, 0.15) is 5.00 Å². The molecule has 1 fully saturated rings. The van der Waals surface area contributed by atoms with Crippen molar-refractivity contribution in [1.29, 1.82) is 0 Å². The summed E-state index contributed by atoms with van der Waals surface area (Å²) in [5.74, 6) is 0.762. The molecule has 1 unspecified atom stereocenters. The van der Waals surface area contributed by atoms with Gasteiger partial charge in [-0.15, -0.1) is 11.3 Å². The Morgan fingerprint density at radius 1 is 1.29 bits per heavy atom. The molecule has 0 aliphatic carbocycles. The van der Waals surface area contributed by atoms with Gasteiger partial charge in [-0.1, -0.05) is 18.4 Å². The fourth-order valence-electron chi connectivity index (χ4n) is 2.70. The number of likely N-dealkylation sites (tertiary alicyclic amines) is 1. The summed E-state index contributed by atoms with van der Waals surface area (Å²) in [6.07, 6.45) is 7.35. The second kappa shape index (κ2) is 6.79. The molecule has 1 atom stereocenters. The number of nitrogens with two attached hydrogens (primary N) is 1. The van der Waals surface area contributed by atoms with E-state index in [1.807, 2.05) is 18.1 Å². The summed E-state index contributed by atoms with van der Waals surface area (Å²) in [5.41, 5.74) is 8.71. The Morgan fingerprint density at radius 2 is 2.05 bits per heavy atom. The lowest BCUT2D eigenvalue weighted by Gasteiger charge is -2.18. The van der Waals surface area contributed by atoms with Crippen LogP contribution in [-0.2, 0) is 11.4 Å². The fraction of sp³-hybridized carbons (Fsp3) is 0.600. The zero-order valence-electron chi connectivity index (χ0n) is 12.5. The van der Waals surface area contributed by atoms with Gasteiger partial charge in [0.15, 0.2) is 5.76 Å². The molecule has 116 valence electrons. The first-order valence-corrected chi connectivity index (χ1v) is 8.54. The number of hydrogen-bond donors (Lipinski definition) is 2. The minimum Gasteiger partial charge on any atom is -0.390 e. The molecule has 0 bridgehead atoms. The van der Waals surface area contributed by atoms with Gasteiger partial charge in [-0.3, -0.25) is 4.90 Å². The first kappa shape index (κ1) is 14.8. The number of hydrogen-bond acceptors (Lipinski definition) is 6. The monoisotopic (exact) mass is 308 g/mol. The van der Waals surface area contributed by atoms with Crippen LogP contribution in [0.25, 0.3) is 0 Å². The summed E-state index contributed by atoms with van der Waals surface area (Å²) in [4.78, 5) is 9.33. The van der Waals surface area contributed by atoms with Crippen LogP contribution >= 0.6 is 11.3 Å². The van der Waals surface area contributed by atoms with Crippen LogP contribution in [0, 0.1) is 0 Å². The quantitative estimate of drug-likeness (QED) is 0.895. The molecule has 0 spiro atoms. The maximum atomic E-state index is 5.82. The SMILES string of the molecule is CC(N)C1=CN(c2ccc(CN3CCCCCC3)s2)NO1. The Labute approximate surface area is 130 Å². The molecule has 3 heterocycles. The van der Waals surface area contributed by atoms with Gasteiger partial charge in [-0.05, 0) is 45.0 Å². The van der Waals surface area contributed by atoms with Gasteiger partial charge < -0.3 is 10.6 Å². The number of nitrogens with one attached hydrogen (secondary N) is 1. The maximum Gasteiger partial charge on any atom is 0.160 e. The Bertz CT molecular complexity index is 492. The Balaban J connectivity index is 1.61. The molecule has 0 radical (unpaired) electrons. The van der Waals surface area contributed by atoms with Gasteiger partial charge in [0.25, 0.3) is 0 Å². The number of anilines is 1. The van der Waals surface area contributed by atoms with Crippen LogP contribution in [0.2, 0.25) is 0 Å². The number of nitrogens with zero attached hydrogens (tertiary/aromatic N) is 2. The number of rotatable bonds is 4. The second-order valence-corrected chi connectivity index (χ2v) is 6.96. The molecule has 5 nitrogen and oxygen atoms in total. The van der Waals surface area contributed by atoms with E-state index in [1.54, 1.807) is 11.3 Å². The van der Waals surface area contributed by atoms with Crippen LogP contribution < -0.4 is 16.3 Å². The first-order valence-electron chi connectivity index (χ1n) is 7.72. The highest BCUT2D eigenvalue weighted by atomic mass is 32.1. The van der Waals surface area contributed by atoms with E-state index in [1.165, 1.54) is 43.6 Å². The normalized spacial score (nSPS) is 21.8. The highest BCUT2D eigenvalue weighted by molar-refractivity contribution is 7.16. The molecule has 6 heteroatoms. The predicted octanol–water partition coefficient (Wildman–Crippen LogP) is 2.57. The first-order chi connectivity index (χ1) is 10.2. The van der Waals surface area contributed by atoms with Crippen molar-refractivity contribution in [3.05, 3.63) is 29.0 Å². The van der Waals surface area contributed by atoms with Crippen molar-refractivity contribution in [1.82, 2.24) is 10.5 Å². The molecule has 1 aromatic heterocycles. The third-order valence-corrected chi connectivity index (χ3v) is 5.00. The van der Waals surface area contributed by atoms with Gasteiger partial charge in [0.05, 0.1) is 12.2 Å². The molecule has 0 aromatic carbocycles. The molecule has 0 saturated carbocycles. The van der Waals surface area contributed by atoms with E-state index in [9.17, 15) is 0 Å². The zero-order chi connectivity index (χ0) is 14.7. The summed E-state index contributed by atoms with van der Waals surface area (Å²) in [6.45, 7) is 5.43. The van der Waals surface area contributed by atoms with Crippen molar-refractivity contribution in [2.75, 3.05) is 18.1 Å². The smallest absolute Gasteiger partial charge is 0.160 e. The van der Waals surface area contributed by atoms with Gasteiger partial charge in [0, 0.05) is 11.4 Å². The van der Waals surface area contributed by atoms with Crippen molar-refractivity contribution in [2.24, 2.45) is 5.73 Å². The predicted molar refractivity (Wildman–Crippen MR) is 86.5 cm³/mol. The van der Waals surface area contributed by atoms with E-state index in [4.69, 9.17) is 10.6 Å². The molecule has 0 amide bonds. The van der Waals surface area contributed by atoms with Crippen LogP contribution in [0.15, 0.2) is 24.1 Å². The molecule has 1 saturated heterocycles. The lowest BCUT2D eigenvalue weighted by molar-refractivity contribution is 0.121. The minimum atomic E-state index is -0.0981. The van der Waals surface area contributed by atoms with E-state index in [0.29, 0.717) is 0 Å². The lowest BCUT2D eigenvalue weighted by atomic mass is 10.2. The van der Waals surface area contributed by atoms with Crippen LogP contribution in [-0.4, -0.2) is 24.0 Å².